The molecular weight excluding hydrogens is 237 g/mol. The molecule has 0 amide bonds. The van der Waals surface area contributed by atoms with Crippen LogP contribution in [-0.2, 0) is 5.67 Å². The van der Waals surface area contributed by atoms with E-state index in [2.05, 4.69) is 5.32 Å². The lowest BCUT2D eigenvalue weighted by Crippen LogP contribution is -2.42. The molecule has 1 heterocycles. The van der Waals surface area contributed by atoms with Crippen molar-refractivity contribution >= 4 is 0 Å². The first-order valence-electron chi connectivity index (χ1n) is 6.85. The third kappa shape index (κ3) is 2.17. The van der Waals surface area contributed by atoms with E-state index in [9.17, 15) is 0 Å². The maximum absolute atomic E-state index is 15.9. The molecule has 1 saturated heterocycles. The quantitative estimate of drug-likeness (QED) is 0.882. The largest absolute Gasteiger partial charge is 0.310 e. The number of alkyl halides is 1. The molecule has 3 rings (SSSR count). The highest BCUT2D eigenvalue weighted by Crippen LogP contribution is 2.40. The lowest BCUT2D eigenvalue weighted by molar-refractivity contribution is 0.163. The zero-order chi connectivity index (χ0) is 13.1. The average molecular weight is 255 g/mol. The van der Waals surface area contributed by atoms with E-state index in [0.29, 0.717) is 0 Å². The second kappa shape index (κ2) is 5.14. The van der Waals surface area contributed by atoms with E-state index in [1.54, 1.807) is 0 Å². The van der Waals surface area contributed by atoms with Crippen LogP contribution < -0.4 is 5.32 Å². The predicted octanol–water partition coefficient (Wildman–Crippen LogP) is 3.65. The van der Waals surface area contributed by atoms with Crippen molar-refractivity contribution in [2.45, 2.75) is 24.6 Å². The van der Waals surface area contributed by atoms with Crippen molar-refractivity contribution in [2.75, 3.05) is 6.54 Å². The molecule has 1 unspecified atom stereocenters. The molecule has 2 heteroatoms. The Kier molecular flexibility index (Phi) is 3.34. The molecule has 2 aromatic rings. The van der Waals surface area contributed by atoms with Gasteiger partial charge in [0.25, 0.3) is 0 Å². The molecule has 2 aromatic carbocycles. The molecule has 1 fully saturated rings. The number of hydrogen-bond donors (Lipinski definition) is 1. The number of benzene rings is 2. The van der Waals surface area contributed by atoms with Crippen LogP contribution in [0.15, 0.2) is 60.7 Å². The zero-order valence-electron chi connectivity index (χ0n) is 10.9. The predicted molar refractivity (Wildman–Crippen MR) is 75.8 cm³/mol. The van der Waals surface area contributed by atoms with Crippen molar-refractivity contribution in [3.05, 3.63) is 71.8 Å². The van der Waals surface area contributed by atoms with E-state index in [1.165, 1.54) is 0 Å². The van der Waals surface area contributed by atoms with E-state index in [-0.39, 0.29) is 6.04 Å². The highest BCUT2D eigenvalue weighted by molar-refractivity contribution is 5.38. The number of hydrogen-bond acceptors (Lipinski definition) is 1. The third-order valence-corrected chi connectivity index (χ3v) is 3.93. The first-order valence-corrected chi connectivity index (χ1v) is 6.85. The molecule has 0 saturated carbocycles. The van der Waals surface area contributed by atoms with Gasteiger partial charge in [-0.3, -0.25) is 0 Å². The topological polar surface area (TPSA) is 12.0 Å². The molecule has 0 radical (unpaired) electrons. The van der Waals surface area contributed by atoms with E-state index in [0.717, 1.165) is 30.5 Å². The van der Waals surface area contributed by atoms with Crippen LogP contribution in [0.1, 0.15) is 24.0 Å². The molecule has 0 spiro atoms. The average Bonchev–Trinajstić information content (AvgIpc) is 3.03. The fourth-order valence-electron chi connectivity index (χ4n) is 2.95. The van der Waals surface area contributed by atoms with Crippen molar-refractivity contribution in [3.63, 3.8) is 0 Å². The molecule has 98 valence electrons. The lowest BCUT2D eigenvalue weighted by atomic mass is 9.81. The fraction of sp³-hybridized carbons (Fsp3) is 0.294. The molecule has 1 atom stereocenters. The van der Waals surface area contributed by atoms with Gasteiger partial charge in [-0.2, -0.15) is 0 Å². The van der Waals surface area contributed by atoms with Crippen molar-refractivity contribution in [2.24, 2.45) is 0 Å². The lowest BCUT2D eigenvalue weighted by Gasteiger charge is -2.32. The van der Waals surface area contributed by atoms with E-state index >= 15 is 4.39 Å². The molecule has 1 nitrogen and oxygen atoms in total. The van der Waals surface area contributed by atoms with E-state index in [1.807, 2.05) is 60.7 Å². The van der Waals surface area contributed by atoms with Crippen LogP contribution in [0.2, 0.25) is 0 Å². The number of nitrogens with one attached hydrogen (secondary N) is 1. The maximum atomic E-state index is 15.9. The maximum Gasteiger partial charge on any atom is 0.176 e. The molecule has 1 aliphatic rings. The van der Waals surface area contributed by atoms with Crippen LogP contribution in [0.3, 0.4) is 0 Å². The molecule has 19 heavy (non-hydrogen) atoms. The molecule has 1 N–H and O–H groups in total. The highest BCUT2D eigenvalue weighted by atomic mass is 19.1. The van der Waals surface area contributed by atoms with Crippen molar-refractivity contribution in [1.29, 1.82) is 0 Å². The summed E-state index contributed by atoms with van der Waals surface area (Å²) in [5.41, 5.74) is 0.0279. The Balaban J connectivity index is 2.10. The summed E-state index contributed by atoms with van der Waals surface area (Å²) < 4.78 is 15.9. The monoisotopic (exact) mass is 255 g/mol. The Morgan fingerprint density at radius 2 is 1.42 bits per heavy atom. The van der Waals surface area contributed by atoms with Gasteiger partial charge in [0.2, 0.25) is 0 Å². The van der Waals surface area contributed by atoms with Gasteiger partial charge in [0.05, 0.1) is 0 Å². The van der Waals surface area contributed by atoms with Crippen LogP contribution in [0.5, 0.6) is 0 Å². The minimum Gasteiger partial charge on any atom is -0.310 e. The van der Waals surface area contributed by atoms with Gasteiger partial charge >= 0.3 is 0 Å². The second-order valence-electron chi connectivity index (χ2n) is 5.09. The first kappa shape index (κ1) is 12.4. The Labute approximate surface area is 113 Å². The van der Waals surface area contributed by atoms with Gasteiger partial charge in [-0.1, -0.05) is 60.7 Å². The Morgan fingerprint density at radius 1 is 0.895 bits per heavy atom. The summed E-state index contributed by atoms with van der Waals surface area (Å²) in [6.07, 6.45) is 1.91. The van der Waals surface area contributed by atoms with Gasteiger partial charge in [0, 0.05) is 6.04 Å². The highest BCUT2D eigenvalue weighted by Gasteiger charge is 2.43. The fourth-order valence-corrected chi connectivity index (χ4v) is 2.95. The molecule has 0 aromatic heterocycles. The summed E-state index contributed by atoms with van der Waals surface area (Å²) in [5.74, 6) is 0. The molecular formula is C17H18FN. The van der Waals surface area contributed by atoms with Gasteiger partial charge in [0.15, 0.2) is 5.67 Å². The minimum absolute atomic E-state index is 0.141. The van der Waals surface area contributed by atoms with E-state index in [4.69, 9.17) is 0 Å². The summed E-state index contributed by atoms with van der Waals surface area (Å²) in [6.45, 7) is 0.899. The van der Waals surface area contributed by atoms with Gasteiger partial charge in [-0.05, 0) is 30.5 Å². The summed E-state index contributed by atoms with van der Waals surface area (Å²) in [4.78, 5) is 0. The zero-order valence-corrected chi connectivity index (χ0v) is 10.9. The van der Waals surface area contributed by atoms with Gasteiger partial charge < -0.3 is 5.32 Å². The third-order valence-electron chi connectivity index (χ3n) is 3.93. The van der Waals surface area contributed by atoms with Gasteiger partial charge in [-0.15, -0.1) is 0 Å². The van der Waals surface area contributed by atoms with E-state index < -0.39 is 5.67 Å². The number of halogens is 1. The van der Waals surface area contributed by atoms with Crippen molar-refractivity contribution < 1.29 is 4.39 Å². The van der Waals surface area contributed by atoms with Crippen molar-refractivity contribution in [1.82, 2.24) is 5.32 Å². The summed E-state index contributed by atoms with van der Waals surface area (Å²) in [5, 5.41) is 3.32. The van der Waals surface area contributed by atoms with Crippen LogP contribution >= 0.6 is 0 Å². The minimum atomic E-state index is -1.45. The van der Waals surface area contributed by atoms with Gasteiger partial charge in [-0.25, -0.2) is 4.39 Å². The summed E-state index contributed by atoms with van der Waals surface area (Å²) >= 11 is 0. The van der Waals surface area contributed by atoms with Crippen LogP contribution in [-0.4, -0.2) is 12.6 Å². The standard InChI is InChI=1S/C17H18FN/c18-17(16-12-7-13-19-16,14-8-3-1-4-9-14)15-10-5-2-6-11-15/h1-6,8-11,16,19H,7,12-13H2. The molecule has 1 aliphatic heterocycles. The number of rotatable bonds is 3. The Morgan fingerprint density at radius 3 is 1.84 bits per heavy atom. The van der Waals surface area contributed by atoms with Gasteiger partial charge in [0.1, 0.15) is 0 Å². The van der Waals surface area contributed by atoms with Crippen LogP contribution in [0.4, 0.5) is 4.39 Å². The summed E-state index contributed by atoms with van der Waals surface area (Å²) in [6, 6.07) is 18.9. The van der Waals surface area contributed by atoms with Crippen LogP contribution in [0.25, 0.3) is 0 Å². The van der Waals surface area contributed by atoms with Crippen LogP contribution in [0, 0.1) is 0 Å². The molecule has 0 bridgehead atoms. The Hall–Kier alpha value is -1.67. The molecule has 0 aliphatic carbocycles. The second-order valence-corrected chi connectivity index (χ2v) is 5.09. The summed E-state index contributed by atoms with van der Waals surface area (Å²) in [7, 11) is 0. The first-order chi connectivity index (χ1) is 9.32. The normalized spacial score (nSPS) is 19.5. The SMILES string of the molecule is FC(c1ccccc1)(c1ccccc1)C1CCCN1. The smallest absolute Gasteiger partial charge is 0.176 e. The Bertz CT molecular complexity index is 478. The van der Waals surface area contributed by atoms with Crippen molar-refractivity contribution in [3.8, 4) is 0 Å².